The fourth-order valence-corrected chi connectivity index (χ4v) is 2.18. The van der Waals surface area contributed by atoms with Gasteiger partial charge in [0.1, 0.15) is 5.82 Å². The van der Waals surface area contributed by atoms with Crippen molar-refractivity contribution >= 4 is 11.8 Å². The van der Waals surface area contributed by atoms with Gasteiger partial charge in [-0.2, -0.15) is 0 Å². The van der Waals surface area contributed by atoms with Gasteiger partial charge in [0.25, 0.3) is 11.8 Å². The molecular weight excluding hydrogens is 295 g/mol. The third kappa shape index (κ3) is 4.16. The Morgan fingerprint density at radius 2 is 1.74 bits per heavy atom. The van der Waals surface area contributed by atoms with Gasteiger partial charge in [-0.1, -0.05) is 12.1 Å². The molecule has 0 radical (unpaired) electrons. The average molecular weight is 314 g/mol. The fraction of sp³-hybridized carbons (Fsp3) is 0.222. The van der Waals surface area contributed by atoms with Gasteiger partial charge in [-0.25, -0.2) is 4.39 Å². The molecule has 0 aliphatic rings. The lowest BCUT2D eigenvalue weighted by Gasteiger charge is -2.11. The van der Waals surface area contributed by atoms with Crippen LogP contribution in [-0.4, -0.2) is 30.8 Å². The lowest BCUT2D eigenvalue weighted by atomic mass is 10.1. The van der Waals surface area contributed by atoms with Crippen LogP contribution in [0.15, 0.2) is 42.5 Å². The second-order valence-corrected chi connectivity index (χ2v) is 5.54. The molecule has 2 rings (SSSR count). The molecule has 0 unspecified atom stereocenters. The van der Waals surface area contributed by atoms with Crippen LogP contribution in [0, 0.1) is 12.7 Å². The van der Waals surface area contributed by atoms with Crippen LogP contribution in [0.2, 0.25) is 0 Å². The number of benzene rings is 2. The van der Waals surface area contributed by atoms with Gasteiger partial charge in [0.2, 0.25) is 0 Å². The van der Waals surface area contributed by atoms with E-state index in [1.807, 2.05) is 0 Å². The first-order valence-electron chi connectivity index (χ1n) is 7.23. The zero-order valence-corrected chi connectivity index (χ0v) is 13.4. The first-order chi connectivity index (χ1) is 10.9. The highest BCUT2D eigenvalue weighted by molar-refractivity contribution is 5.95. The summed E-state index contributed by atoms with van der Waals surface area (Å²) in [7, 11) is 3.39. The van der Waals surface area contributed by atoms with E-state index in [9.17, 15) is 14.0 Å². The summed E-state index contributed by atoms with van der Waals surface area (Å²) in [4.78, 5) is 25.4. The molecule has 5 heteroatoms. The van der Waals surface area contributed by atoms with Gasteiger partial charge >= 0.3 is 0 Å². The number of aryl methyl sites for hydroxylation is 1. The number of rotatable bonds is 4. The number of nitrogens with zero attached hydrogens (tertiary/aromatic N) is 1. The third-order valence-electron chi connectivity index (χ3n) is 3.49. The van der Waals surface area contributed by atoms with E-state index in [-0.39, 0.29) is 17.6 Å². The van der Waals surface area contributed by atoms with Crippen molar-refractivity contribution in [2.75, 3.05) is 14.1 Å². The summed E-state index contributed by atoms with van der Waals surface area (Å²) in [6, 6.07) is 11.1. The number of carbonyl (C=O) groups excluding carboxylic acids is 2. The van der Waals surface area contributed by atoms with Crippen molar-refractivity contribution < 1.29 is 14.0 Å². The van der Waals surface area contributed by atoms with Crippen molar-refractivity contribution in [3.63, 3.8) is 0 Å². The van der Waals surface area contributed by atoms with Crippen molar-refractivity contribution in [1.29, 1.82) is 0 Å². The Morgan fingerprint density at radius 1 is 1.09 bits per heavy atom. The van der Waals surface area contributed by atoms with Crippen LogP contribution in [0.1, 0.15) is 31.8 Å². The van der Waals surface area contributed by atoms with Crippen molar-refractivity contribution in [3.05, 3.63) is 70.5 Å². The van der Waals surface area contributed by atoms with Crippen LogP contribution >= 0.6 is 0 Å². The predicted molar refractivity (Wildman–Crippen MR) is 86.8 cm³/mol. The van der Waals surface area contributed by atoms with Crippen LogP contribution < -0.4 is 5.32 Å². The molecule has 0 saturated heterocycles. The minimum Gasteiger partial charge on any atom is -0.348 e. The first-order valence-corrected chi connectivity index (χ1v) is 7.23. The van der Waals surface area contributed by atoms with Gasteiger partial charge in [-0.05, 0) is 48.4 Å². The van der Waals surface area contributed by atoms with E-state index in [0.717, 1.165) is 5.56 Å². The van der Waals surface area contributed by atoms with E-state index in [2.05, 4.69) is 5.32 Å². The standard InChI is InChI=1S/C18H19FN2O2/c1-12-10-15(19)8-9-16(12)17(22)20-11-13-4-6-14(7-5-13)18(23)21(2)3/h4-10H,11H2,1-3H3,(H,20,22). The molecule has 2 aromatic carbocycles. The summed E-state index contributed by atoms with van der Waals surface area (Å²) in [5, 5.41) is 2.79. The molecule has 120 valence electrons. The zero-order valence-electron chi connectivity index (χ0n) is 13.4. The van der Waals surface area contributed by atoms with Crippen molar-refractivity contribution in [1.82, 2.24) is 10.2 Å². The normalized spacial score (nSPS) is 10.3. The van der Waals surface area contributed by atoms with Crippen LogP contribution in [0.5, 0.6) is 0 Å². The van der Waals surface area contributed by atoms with Gasteiger partial charge in [-0.3, -0.25) is 9.59 Å². The van der Waals surface area contributed by atoms with Crippen LogP contribution in [-0.2, 0) is 6.54 Å². The van der Waals surface area contributed by atoms with Crippen molar-refractivity contribution in [3.8, 4) is 0 Å². The summed E-state index contributed by atoms with van der Waals surface area (Å²) in [5.74, 6) is -0.682. The van der Waals surface area contributed by atoms with Crippen LogP contribution in [0.4, 0.5) is 4.39 Å². The highest BCUT2D eigenvalue weighted by Gasteiger charge is 2.10. The molecule has 0 aromatic heterocycles. The fourth-order valence-electron chi connectivity index (χ4n) is 2.18. The number of hydrogen-bond donors (Lipinski definition) is 1. The molecule has 0 saturated carbocycles. The lowest BCUT2D eigenvalue weighted by molar-refractivity contribution is 0.0827. The summed E-state index contributed by atoms with van der Waals surface area (Å²) >= 11 is 0. The second-order valence-electron chi connectivity index (χ2n) is 5.54. The Balaban J connectivity index is 2.00. The van der Waals surface area contributed by atoms with E-state index in [4.69, 9.17) is 0 Å². The number of hydrogen-bond acceptors (Lipinski definition) is 2. The molecule has 1 N–H and O–H groups in total. The topological polar surface area (TPSA) is 49.4 Å². The van der Waals surface area contributed by atoms with E-state index in [1.165, 1.54) is 23.1 Å². The molecular formula is C18H19FN2O2. The maximum absolute atomic E-state index is 13.1. The molecule has 0 aliphatic carbocycles. The Morgan fingerprint density at radius 3 is 2.30 bits per heavy atom. The molecule has 0 fully saturated rings. The molecule has 0 heterocycles. The molecule has 2 aromatic rings. The van der Waals surface area contributed by atoms with E-state index in [1.54, 1.807) is 45.3 Å². The van der Waals surface area contributed by atoms with Gasteiger partial charge in [0.05, 0.1) is 0 Å². The quantitative estimate of drug-likeness (QED) is 0.943. The Labute approximate surface area is 134 Å². The first kappa shape index (κ1) is 16.7. The minimum absolute atomic E-state index is 0.0671. The van der Waals surface area contributed by atoms with Crippen LogP contribution in [0.25, 0.3) is 0 Å². The highest BCUT2D eigenvalue weighted by Crippen LogP contribution is 2.11. The molecule has 0 spiro atoms. The molecule has 0 atom stereocenters. The third-order valence-corrected chi connectivity index (χ3v) is 3.49. The number of halogens is 1. The molecule has 23 heavy (non-hydrogen) atoms. The second kappa shape index (κ2) is 7.05. The smallest absolute Gasteiger partial charge is 0.253 e. The Bertz CT molecular complexity index is 724. The molecule has 0 aliphatic heterocycles. The SMILES string of the molecule is Cc1cc(F)ccc1C(=O)NCc1ccc(C(=O)N(C)C)cc1. The van der Waals surface area contributed by atoms with Crippen LogP contribution in [0.3, 0.4) is 0 Å². The average Bonchev–Trinajstić information content (AvgIpc) is 2.52. The van der Waals surface area contributed by atoms with Crippen molar-refractivity contribution in [2.45, 2.75) is 13.5 Å². The van der Waals surface area contributed by atoms with Crippen molar-refractivity contribution in [2.24, 2.45) is 0 Å². The summed E-state index contributed by atoms with van der Waals surface area (Å²) in [6.07, 6.45) is 0. The van der Waals surface area contributed by atoms with Gasteiger partial charge in [0, 0.05) is 31.8 Å². The predicted octanol–water partition coefficient (Wildman–Crippen LogP) is 2.77. The maximum Gasteiger partial charge on any atom is 0.253 e. The van der Waals surface area contributed by atoms with E-state index < -0.39 is 0 Å². The van der Waals surface area contributed by atoms with Gasteiger partial charge < -0.3 is 10.2 Å². The monoisotopic (exact) mass is 314 g/mol. The Hall–Kier alpha value is -2.69. The molecule has 4 nitrogen and oxygen atoms in total. The number of carbonyl (C=O) groups is 2. The maximum atomic E-state index is 13.1. The minimum atomic E-state index is -0.361. The largest absolute Gasteiger partial charge is 0.348 e. The summed E-state index contributed by atoms with van der Waals surface area (Å²) in [6.45, 7) is 2.03. The number of amides is 2. The summed E-state index contributed by atoms with van der Waals surface area (Å²) < 4.78 is 13.1. The molecule has 0 bridgehead atoms. The molecule has 2 amide bonds. The highest BCUT2D eigenvalue weighted by atomic mass is 19.1. The number of nitrogens with one attached hydrogen (secondary N) is 1. The van der Waals surface area contributed by atoms with E-state index in [0.29, 0.717) is 23.2 Å². The summed E-state index contributed by atoms with van der Waals surface area (Å²) in [5.41, 5.74) is 2.52. The van der Waals surface area contributed by atoms with Gasteiger partial charge in [-0.15, -0.1) is 0 Å². The Kier molecular flexibility index (Phi) is 5.11. The van der Waals surface area contributed by atoms with E-state index >= 15 is 0 Å². The lowest BCUT2D eigenvalue weighted by Crippen LogP contribution is -2.24. The zero-order chi connectivity index (χ0) is 17.0. The van der Waals surface area contributed by atoms with Gasteiger partial charge in [0.15, 0.2) is 0 Å².